The van der Waals surface area contributed by atoms with Crippen molar-refractivity contribution >= 4 is 6.21 Å². The zero-order chi connectivity index (χ0) is 7.94. The fraction of sp³-hybridized carbons (Fsp3) is 0.222. The highest BCUT2D eigenvalue weighted by Crippen LogP contribution is 2.00. The van der Waals surface area contributed by atoms with Crippen molar-refractivity contribution in [3.8, 4) is 0 Å². The quantitative estimate of drug-likeness (QED) is 0.398. The molecule has 0 atom stereocenters. The smallest absolute Gasteiger partial charge is 0.0439 e. The molecule has 0 heterocycles. The van der Waals surface area contributed by atoms with E-state index in [2.05, 4.69) is 17.3 Å². The lowest BCUT2D eigenvalue weighted by molar-refractivity contribution is 0.320. The first kappa shape index (κ1) is 7.79. The second-order valence-corrected chi connectivity index (χ2v) is 2.32. The summed E-state index contributed by atoms with van der Waals surface area (Å²) in [5, 5.41) is 11.0. The van der Waals surface area contributed by atoms with E-state index < -0.39 is 0 Å². The Morgan fingerprint density at radius 3 is 2.64 bits per heavy atom. The van der Waals surface area contributed by atoms with Gasteiger partial charge in [-0.25, -0.2) is 0 Å². The summed E-state index contributed by atoms with van der Waals surface area (Å²) in [6.45, 7) is 0. The summed E-state index contributed by atoms with van der Waals surface area (Å²) in [4.78, 5) is 0. The molecule has 2 heteroatoms. The summed E-state index contributed by atoms with van der Waals surface area (Å²) in [7, 11) is 0. The predicted octanol–water partition coefficient (Wildman–Crippen LogP) is 2.08. The van der Waals surface area contributed by atoms with Crippen LogP contribution in [-0.2, 0) is 6.42 Å². The number of benzene rings is 1. The molecular weight excluding hydrogens is 138 g/mol. The Morgan fingerprint density at radius 2 is 2.00 bits per heavy atom. The van der Waals surface area contributed by atoms with Gasteiger partial charge in [0.2, 0.25) is 0 Å². The van der Waals surface area contributed by atoms with Gasteiger partial charge in [-0.15, -0.1) is 5.16 Å². The molecular formula is C9H11NO. The van der Waals surface area contributed by atoms with Crippen molar-refractivity contribution in [2.24, 2.45) is 5.16 Å². The van der Waals surface area contributed by atoms with Crippen LogP contribution in [0.1, 0.15) is 12.0 Å². The average molecular weight is 149 g/mol. The molecule has 0 unspecified atom stereocenters. The third kappa shape index (κ3) is 2.85. The second kappa shape index (κ2) is 4.50. The van der Waals surface area contributed by atoms with Gasteiger partial charge in [0.05, 0.1) is 0 Å². The summed E-state index contributed by atoms with van der Waals surface area (Å²) >= 11 is 0. The molecule has 0 spiro atoms. The van der Waals surface area contributed by atoms with Crippen LogP contribution in [0, 0.1) is 0 Å². The van der Waals surface area contributed by atoms with E-state index in [-0.39, 0.29) is 0 Å². The molecule has 0 saturated carbocycles. The van der Waals surface area contributed by atoms with Gasteiger partial charge in [0.1, 0.15) is 0 Å². The second-order valence-electron chi connectivity index (χ2n) is 2.32. The Balaban J connectivity index is 2.39. The molecule has 0 radical (unpaired) electrons. The van der Waals surface area contributed by atoms with Gasteiger partial charge in [0, 0.05) is 6.21 Å². The maximum atomic E-state index is 8.11. The van der Waals surface area contributed by atoms with E-state index in [4.69, 9.17) is 5.21 Å². The monoisotopic (exact) mass is 149 g/mol. The summed E-state index contributed by atoms with van der Waals surface area (Å²) < 4.78 is 0. The number of hydrogen-bond donors (Lipinski definition) is 1. The molecule has 2 nitrogen and oxygen atoms in total. The zero-order valence-corrected chi connectivity index (χ0v) is 6.27. The fourth-order valence-electron chi connectivity index (χ4n) is 0.934. The molecule has 0 aliphatic heterocycles. The van der Waals surface area contributed by atoms with Gasteiger partial charge in [0.15, 0.2) is 0 Å². The molecule has 0 aliphatic carbocycles. The highest BCUT2D eigenvalue weighted by Gasteiger charge is 1.87. The van der Waals surface area contributed by atoms with Crippen molar-refractivity contribution in [3.05, 3.63) is 35.9 Å². The van der Waals surface area contributed by atoms with Crippen molar-refractivity contribution in [2.45, 2.75) is 12.8 Å². The lowest BCUT2D eigenvalue weighted by Gasteiger charge is -1.94. The summed E-state index contributed by atoms with van der Waals surface area (Å²) in [5.74, 6) is 0. The first-order chi connectivity index (χ1) is 5.43. The van der Waals surface area contributed by atoms with Crippen molar-refractivity contribution in [3.63, 3.8) is 0 Å². The Hall–Kier alpha value is -1.31. The Labute approximate surface area is 66.2 Å². The summed E-state index contributed by atoms with van der Waals surface area (Å²) in [5.41, 5.74) is 1.27. The minimum Gasteiger partial charge on any atom is -0.411 e. The van der Waals surface area contributed by atoms with Gasteiger partial charge in [-0.1, -0.05) is 30.3 Å². The third-order valence-electron chi connectivity index (χ3n) is 1.49. The first-order valence-corrected chi connectivity index (χ1v) is 3.63. The molecule has 11 heavy (non-hydrogen) atoms. The van der Waals surface area contributed by atoms with Crippen LogP contribution in [0.2, 0.25) is 0 Å². The van der Waals surface area contributed by atoms with Gasteiger partial charge < -0.3 is 5.21 Å². The Morgan fingerprint density at radius 1 is 1.27 bits per heavy atom. The van der Waals surface area contributed by atoms with Gasteiger partial charge >= 0.3 is 0 Å². The van der Waals surface area contributed by atoms with E-state index in [1.807, 2.05) is 18.2 Å². The number of aryl methyl sites for hydroxylation is 1. The fourth-order valence-corrected chi connectivity index (χ4v) is 0.934. The maximum absolute atomic E-state index is 8.11. The maximum Gasteiger partial charge on any atom is 0.0439 e. The van der Waals surface area contributed by atoms with E-state index >= 15 is 0 Å². The van der Waals surface area contributed by atoms with Gasteiger partial charge in [0.25, 0.3) is 0 Å². The van der Waals surface area contributed by atoms with Gasteiger partial charge in [-0.3, -0.25) is 0 Å². The predicted molar refractivity (Wildman–Crippen MR) is 45.0 cm³/mol. The van der Waals surface area contributed by atoms with Crippen LogP contribution in [0.15, 0.2) is 35.5 Å². The largest absolute Gasteiger partial charge is 0.411 e. The van der Waals surface area contributed by atoms with Crippen molar-refractivity contribution < 1.29 is 5.21 Å². The molecule has 0 amide bonds. The number of rotatable bonds is 3. The minimum atomic E-state index is 0.792. The topological polar surface area (TPSA) is 32.6 Å². The van der Waals surface area contributed by atoms with Crippen LogP contribution in [0.4, 0.5) is 0 Å². The van der Waals surface area contributed by atoms with Crippen molar-refractivity contribution in [1.29, 1.82) is 0 Å². The van der Waals surface area contributed by atoms with E-state index in [1.165, 1.54) is 11.8 Å². The average Bonchev–Trinajstić information content (AvgIpc) is 2.07. The zero-order valence-electron chi connectivity index (χ0n) is 6.27. The molecule has 1 rings (SSSR count). The number of oxime groups is 1. The highest BCUT2D eigenvalue weighted by molar-refractivity contribution is 5.56. The Kier molecular flexibility index (Phi) is 3.19. The van der Waals surface area contributed by atoms with Crippen LogP contribution in [0.5, 0.6) is 0 Å². The van der Waals surface area contributed by atoms with Crippen LogP contribution in [-0.4, -0.2) is 11.4 Å². The lowest BCUT2D eigenvalue weighted by Crippen LogP contribution is -1.84. The van der Waals surface area contributed by atoms with Crippen LogP contribution < -0.4 is 0 Å². The molecule has 58 valence electrons. The highest BCUT2D eigenvalue weighted by atomic mass is 16.4. The SMILES string of the molecule is ON=CCCc1ccccc1. The van der Waals surface area contributed by atoms with E-state index in [0.29, 0.717) is 0 Å². The number of hydrogen-bond acceptors (Lipinski definition) is 2. The molecule has 1 N–H and O–H groups in total. The normalized spacial score (nSPS) is 10.5. The van der Waals surface area contributed by atoms with Crippen molar-refractivity contribution in [1.82, 2.24) is 0 Å². The van der Waals surface area contributed by atoms with Crippen molar-refractivity contribution in [2.75, 3.05) is 0 Å². The minimum absolute atomic E-state index is 0.792. The first-order valence-electron chi connectivity index (χ1n) is 3.63. The van der Waals surface area contributed by atoms with Gasteiger partial charge in [-0.05, 0) is 18.4 Å². The molecule has 0 aliphatic rings. The van der Waals surface area contributed by atoms with Crippen LogP contribution in [0.25, 0.3) is 0 Å². The van der Waals surface area contributed by atoms with Crippen LogP contribution >= 0.6 is 0 Å². The Bertz CT molecular complexity index is 218. The van der Waals surface area contributed by atoms with Crippen LogP contribution in [0.3, 0.4) is 0 Å². The molecule has 0 saturated heterocycles. The van der Waals surface area contributed by atoms with Gasteiger partial charge in [-0.2, -0.15) is 0 Å². The molecule has 1 aromatic carbocycles. The summed E-state index contributed by atoms with van der Waals surface area (Å²) in [6, 6.07) is 10.1. The molecule has 0 aromatic heterocycles. The van der Waals surface area contributed by atoms with E-state index in [9.17, 15) is 0 Å². The van der Waals surface area contributed by atoms with E-state index in [0.717, 1.165) is 12.8 Å². The standard InChI is InChI=1S/C9H11NO/c11-10-8-4-7-9-5-2-1-3-6-9/h1-3,5-6,8,11H,4,7H2. The third-order valence-corrected chi connectivity index (χ3v) is 1.49. The molecule has 0 fully saturated rings. The molecule has 1 aromatic rings. The molecule has 0 bridgehead atoms. The lowest BCUT2D eigenvalue weighted by atomic mass is 10.1. The number of nitrogens with zero attached hydrogens (tertiary/aromatic N) is 1. The summed E-state index contributed by atoms with van der Waals surface area (Å²) in [6.07, 6.45) is 3.23. The van der Waals surface area contributed by atoms with E-state index in [1.54, 1.807) is 0 Å².